The minimum absolute atomic E-state index is 0.0641. The number of rotatable bonds is 5. The van der Waals surface area contributed by atoms with Gasteiger partial charge in [-0.2, -0.15) is 0 Å². The lowest BCUT2D eigenvalue weighted by molar-refractivity contribution is -0.123. The van der Waals surface area contributed by atoms with Crippen LogP contribution in [0.25, 0.3) is 6.08 Å². The number of hydrogen-bond acceptors (Lipinski definition) is 3. The Morgan fingerprint density at radius 3 is 2.45 bits per heavy atom. The van der Waals surface area contributed by atoms with Crippen LogP contribution in [-0.2, 0) is 9.59 Å². The van der Waals surface area contributed by atoms with E-state index in [1.54, 1.807) is 36.4 Å². The van der Waals surface area contributed by atoms with E-state index in [2.05, 4.69) is 5.32 Å². The second-order valence-electron chi connectivity index (χ2n) is 7.22. The average molecular weight is 416 g/mol. The van der Waals surface area contributed by atoms with Gasteiger partial charge in [0, 0.05) is 0 Å². The number of fused-ring (bicyclic) bond motifs is 1. The number of carbonyl (C=O) groups excluding carboxylic acids is 2. The number of carbonyl (C=O) groups is 2. The van der Waals surface area contributed by atoms with Crippen LogP contribution in [0.5, 0.6) is 5.75 Å². The average Bonchev–Trinajstić information content (AvgIpc) is 2.78. The Morgan fingerprint density at radius 1 is 1.03 bits per heavy atom. The molecule has 0 spiro atoms. The SMILES string of the molecule is CC(NC(=O)CN1C(=O)/C(=C\c2ccc(F)cc2)Oc2ccccc21)c1ccccc1. The largest absolute Gasteiger partial charge is 0.449 e. The third kappa shape index (κ3) is 4.64. The third-order valence-corrected chi connectivity index (χ3v) is 4.98. The second kappa shape index (κ2) is 8.83. The van der Waals surface area contributed by atoms with Crippen LogP contribution < -0.4 is 15.0 Å². The molecule has 4 rings (SSSR count). The zero-order chi connectivity index (χ0) is 21.8. The van der Waals surface area contributed by atoms with Gasteiger partial charge < -0.3 is 10.1 Å². The van der Waals surface area contributed by atoms with Gasteiger partial charge in [0.2, 0.25) is 5.91 Å². The molecule has 0 bridgehead atoms. The van der Waals surface area contributed by atoms with Gasteiger partial charge in [-0.1, -0.05) is 54.6 Å². The Balaban J connectivity index is 1.57. The minimum Gasteiger partial charge on any atom is -0.449 e. The maximum atomic E-state index is 13.2. The van der Waals surface area contributed by atoms with Crippen LogP contribution in [0.15, 0.2) is 84.6 Å². The van der Waals surface area contributed by atoms with E-state index >= 15 is 0 Å². The van der Waals surface area contributed by atoms with Crippen molar-refractivity contribution in [1.82, 2.24) is 5.32 Å². The summed E-state index contributed by atoms with van der Waals surface area (Å²) in [5.74, 6) is -0.559. The fraction of sp³-hybridized carbons (Fsp3) is 0.120. The van der Waals surface area contributed by atoms with Crippen molar-refractivity contribution in [3.63, 3.8) is 0 Å². The summed E-state index contributed by atoms with van der Waals surface area (Å²) in [7, 11) is 0. The van der Waals surface area contributed by atoms with Gasteiger partial charge in [-0.25, -0.2) is 4.39 Å². The molecule has 31 heavy (non-hydrogen) atoms. The summed E-state index contributed by atoms with van der Waals surface area (Å²) < 4.78 is 19.0. The molecular formula is C25H21FN2O3. The molecule has 2 amide bonds. The second-order valence-corrected chi connectivity index (χ2v) is 7.22. The molecule has 0 fully saturated rings. The standard InChI is InChI=1S/C25H21FN2O3/c1-17(19-7-3-2-4-8-19)27-24(29)16-28-21-9-5-6-10-22(21)31-23(25(28)30)15-18-11-13-20(26)14-12-18/h2-15,17H,16H2,1H3,(H,27,29)/b23-15+. The van der Waals surface area contributed by atoms with Gasteiger partial charge >= 0.3 is 0 Å². The number of nitrogens with zero attached hydrogens (tertiary/aromatic N) is 1. The molecule has 1 atom stereocenters. The molecule has 1 aliphatic rings. The highest BCUT2D eigenvalue weighted by Gasteiger charge is 2.31. The Hall–Kier alpha value is -3.93. The summed E-state index contributed by atoms with van der Waals surface area (Å²) >= 11 is 0. The topological polar surface area (TPSA) is 58.6 Å². The van der Waals surface area contributed by atoms with Crippen molar-refractivity contribution in [3.8, 4) is 5.75 Å². The first-order chi connectivity index (χ1) is 15.0. The van der Waals surface area contributed by atoms with Crippen LogP contribution in [0.4, 0.5) is 10.1 Å². The van der Waals surface area contributed by atoms with E-state index in [9.17, 15) is 14.0 Å². The van der Waals surface area contributed by atoms with Crippen molar-refractivity contribution in [2.24, 2.45) is 0 Å². The maximum Gasteiger partial charge on any atom is 0.294 e. The molecule has 0 radical (unpaired) electrons. The van der Waals surface area contributed by atoms with E-state index in [1.807, 2.05) is 37.3 Å². The summed E-state index contributed by atoms with van der Waals surface area (Å²) in [6, 6.07) is 22.2. The van der Waals surface area contributed by atoms with Crippen LogP contribution in [0.2, 0.25) is 0 Å². The van der Waals surface area contributed by atoms with Crippen LogP contribution >= 0.6 is 0 Å². The van der Waals surface area contributed by atoms with E-state index in [-0.39, 0.29) is 30.1 Å². The maximum absolute atomic E-state index is 13.2. The summed E-state index contributed by atoms with van der Waals surface area (Å²) in [6.45, 7) is 1.74. The summed E-state index contributed by atoms with van der Waals surface area (Å²) in [4.78, 5) is 27.3. The Labute approximate surface area is 179 Å². The first-order valence-corrected chi connectivity index (χ1v) is 9.91. The third-order valence-electron chi connectivity index (χ3n) is 4.98. The lowest BCUT2D eigenvalue weighted by Gasteiger charge is -2.30. The van der Waals surface area contributed by atoms with Gasteiger partial charge in [0.05, 0.1) is 11.7 Å². The van der Waals surface area contributed by atoms with Crippen molar-refractivity contribution in [1.29, 1.82) is 0 Å². The molecule has 0 aromatic heterocycles. The molecule has 156 valence electrons. The highest BCUT2D eigenvalue weighted by molar-refractivity contribution is 6.12. The fourth-order valence-corrected chi connectivity index (χ4v) is 3.39. The minimum atomic E-state index is -0.439. The predicted octanol–water partition coefficient (Wildman–Crippen LogP) is 4.47. The molecule has 5 nitrogen and oxygen atoms in total. The van der Waals surface area contributed by atoms with E-state index in [1.165, 1.54) is 23.1 Å². The molecule has 1 heterocycles. The molecule has 1 N–H and O–H groups in total. The zero-order valence-corrected chi connectivity index (χ0v) is 16.9. The highest BCUT2D eigenvalue weighted by atomic mass is 19.1. The predicted molar refractivity (Wildman–Crippen MR) is 117 cm³/mol. The van der Waals surface area contributed by atoms with Gasteiger partial charge in [0.25, 0.3) is 5.91 Å². The smallest absolute Gasteiger partial charge is 0.294 e. The fourth-order valence-electron chi connectivity index (χ4n) is 3.39. The highest BCUT2D eigenvalue weighted by Crippen LogP contribution is 2.35. The zero-order valence-electron chi connectivity index (χ0n) is 16.9. The quantitative estimate of drug-likeness (QED) is 0.625. The van der Waals surface area contributed by atoms with E-state index < -0.39 is 5.91 Å². The summed E-state index contributed by atoms with van der Waals surface area (Å²) in [5, 5.41) is 2.93. The van der Waals surface area contributed by atoms with Gasteiger partial charge in [-0.05, 0) is 48.4 Å². The van der Waals surface area contributed by atoms with Gasteiger partial charge in [0.15, 0.2) is 11.5 Å². The Kier molecular flexibility index (Phi) is 5.80. The summed E-state index contributed by atoms with van der Waals surface area (Å²) in [5.41, 5.74) is 2.11. The molecule has 6 heteroatoms. The number of hydrogen-bond donors (Lipinski definition) is 1. The first-order valence-electron chi connectivity index (χ1n) is 9.91. The van der Waals surface area contributed by atoms with Crippen molar-refractivity contribution in [2.75, 3.05) is 11.4 Å². The first kappa shape index (κ1) is 20.3. The van der Waals surface area contributed by atoms with Crippen molar-refractivity contribution < 1.29 is 18.7 Å². The number of amides is 2. The molecular weight excluding hydrogens is 395 g/mol. The normalized spacial score (nSPS) is 15.2. The number of nitrogens with one attached hydrogen (secondary N) is 1. The number of anilines is 1. The van der Waals surface area contributed by atoms with Crippen LogP contribution in [0, 0.1) is 5.82 Å². The Morgan fingerprint density at radius 2 is 1.71 bits per heavy atom. The van der Waals surface area contributed by atoms with Crippen molar-refractivity contribution in [3.05, 3.63) is 102 Å². The van der Waals surface area contributed by atoms with Crippen molar-refractivity contribution in [2.45, 2.75) is 13.0 Å². The number of para-hydroxylation sites is 2. The van der Waals surface area contributed by atoms with Gasteiger partial charge in [0.1, 0.15) is 12.4 Å². The Bertz CT molecular complexity index is 1130. The molecule has 1 unspecified atom stereocenters. The van der Waals surface area contributed by atoms with Gasteiger partial charge in [-0.3, -0.25) is 14.5 Å². The molecule has 0 saturated carbocycles. The van der Waals surface area contributed by atoms with Crippen LogP contribution in [0.3, 0.4) is 0 Å². The van der Waals surface area contributed by atoms with E-state index in [4.69, 9.17) is 4.74 Å². The van der Waals surface area contributed by atoms with Gasteiger partial charge in [-0.15, -0.1) is 0 Å². The molecule has 1 aliphatic heterocycles. The van der Waals surface area contributed by atoms with Crippen molar-refractivity contribution >= 4 is 23.6 Å². The summed E-state index contributed by atoms with van der Waals surface area (Å²) in [6.07, 6.45) is 1.54. The number of halogens is 1. The molecule has 3 aromatic carbocycles. The molecule has 0 saturated heterocycles. The van der Waals surface area contributed by atoms with Crippen LogP contribution in [0.1, 0.15) is 24.1 Å². The molecule has 3 aromatic rings. The van der Waals surface area contributed by atoms with E-state index in [0.29, 0.717) is 17.0 Å². The lowest BCUT2D eigenvalue weighted by Crippen LogP contribution is -2.44. The lowest BCUT2D eigenvalue weighted by atomic mass is 10.1. The van der Waals surface area contributed by atoms with Crippen LogP contribution in [-0.4, -0.2) is 18.4 Å². The monoisotopic (exact) mass is 416 g/mol. The number of ether oxygens (including phenoxy) is 1. The molecule has 0 aliphatic carbocycles. The number of benzene rings is 3. The van der Waals surface area contributed by atoms with E-state index in [0.717, 1.165) is 5.56 Å².